The predicted octanol–water partition coefficient (Wildman–Crippen LogP) is 1.28. The van der Waals surface area contributed by atoms with Gasteiger partial charge in [-0.1, -0.05) is 13.8 Å². The topological polar surface area (TPSA) is 47.4 Å². The summed E-state index contributed by atoms with van der Waals surface area (Å²) >= 11 is 0. The molecule has 0 saturated carbocycles. The second-order valence-electron chi connectivity index (χ2n) is 3.63. The van der Waals surface area contributed by atoms with E-state index in [0.29, 0.717) is 24.2 Å². The van der Waals surface area contributed by atoms with E-state index in [0.717, 1.165) is 0 Å². The lowest BCUT2D eigenvalue weighted by atomic mass is 10.1. The van der Waals surface area contributed by atoms with Crippen molar-refractivity contribution < 1.29 is 4.74 Å². The van der Waals surface area contributed by atoms with Crippen LogP contribution in [0.2, 0.25) is 0 Å². The van der Waals surface area contributed by atoms with E-state index < -0.39 is 0 Å². The third kappa shape index (κ3) is 1.73. The standard InChI is InChI=1S/C10H13N3O/c1-7(2)8-6-14-10(13-8)9-11-4-3-5-12-9/h3-5,7-8H,6H2,1-2H3. The molecule has 2 rings (SSSR count). The summed E-state index contributed by atoms with van der Waals surface area (Å²) in [5.41, 5.74) is 0. The molecule has 1 aliphatic rings. The van der Waals surface area contributed by atoms with Crippen molar-refractivity contribution in [3.63, 3.8) is 0 Å². The van der Waals surface area contributed by atoms with Crippen LogP contribution in [0.5, 0.6) is 0 Å². The predicted molar refractivity (Wildman–Crippen MR) is 53.1 cm³/mol. The van der Waals surface area contributed by atoms with Gasteiger partial charge in [-0.05, 0) is 12.0 Å². The number of hydrogen-bond acceptors (Lipinski definition) is 4. The highest BCUT2D eigenvalue weighted by Gasteiger charge is 2.23. The lowest BCUT2D eigenvalue weighted by Crippen LogP contribution is -2.13. The van der Waals surface area contributed by atoms with E-state index in [1.54, 1.807) is 18.5 Å². The van der Waals surface area contributed by atoms with Crippen LogP contribution in [0.15, 0.2) is 23.5 Å². The molecule has 0 fully saturated rings. The van der Waals surface area contributed by atoms with Crippen LogP contribution in [0.25, 0.3) is 0 Å². The molecule has 0 spiro atoms. The highest BCUT2D eigenvalue weighted by molar-refractivity contribution is 5.91. The molecule has 0 saturated heterocycles. The SMILES string of the molecule is CC(C)C1COC(c2ncccn2)=N1. The fourth-order valence-electron chi connectivity index (χ4n) is 1.26. The Bertz CT molecular complexity index is 334. The van der Waals surface area contributed by atoms with Gasteiger partial charge in [0, 0.05) is 12.4 Å². The largest absolute Gasteiger partial charge is 0.473 e. The van der Waals surface area contributed by atoms with Crippen molar-refractivity contribution in [2.45, 2.75) is 19.9 Å². The highest BCUT2D eigenvalue weighted by Crippen LogP contribution is 2.15. The van der Waals surface area contributed by atoms with Crippen LogP contribution < -0.4 is 0 Å². The van der Waals surface area contributed by atoms with Crippen LogP contribution >= 0.6 is 0 Å². The van der Waals surface area contributed by atoms with Crippen LogP contribution in [-0.4, -0.2) is 28.5 Å². The van der Waals surface area contributed by atoms with Gasteiger partial charge in [-0.3, -0.25) is 0 Å². The Labute approximate surface area is 83.1 Å². The van der Waals surface area contributed by atoms with Crippen LogP contribution in [0.4, 0.5) is 0 Å². The molecule has 4 nitrogen and oxygen atoms in total. The summed E-state index contributed by atoms with van der Waals surface area (Å²) < 4.78 is 5.44. The third-order valence-electron chi connectivity index (χ3n) is 2.20. The molecule has 0 amide bonds. The smallest absolute Gasteiger partial charge is 0.255 e. The van der Waals surface area contributed by atoms with E-state index in [1.165, 1.54) is 0 Å². The molecular formula is C10H13N3O. The molecule has 2 heterocycles. The number of ether oxygens (including phenoxy) is 1. The maximum Gasteiger partial charge on any atom is 0.255 e. The van der Waals surface area contributed by atoms with Gasteiger partial charge in [0.1, 0.15) is 6.61 Å². The highest BCUT2D eigenvalue weighted by atomic mass is 16.5. The molecule has 0 aliphatic carbocycles. The van der Waals surface area contributed by atoms with E-state index in [1.807, 2.05) is 0 Å². The van der Waals surface area contributed by atoms with Crippen LogP contribution in [0.1, 0.15) is 19.7 Å². The molecule has 4 heteroatoms. The van der Waals surface area contributed by atoms with Gasteiger partial charge < -0.3 is 4.74 Å². The van der Waals surface area contributed by atoms with Crippen LogP contribution in [0, 0.1) is 5.92 Å². The summed E-state index contributed by atoms with van der Waals surface area (Å²) in [5, 5.41) is 0. The average Bonchev–Trinajstić information content (AvgIpc) is 2.68. The van der Waals surface area contributed by atoms with E-state index >= 15 is 0 Å². The van der Waals surface area contributed by atoms with Crippen LogP contribution in [-0.2, 0) is 4.74 Å². The van der Waals surface area contributed by atoms with E-state index in [2.05, 4.69) is 28.8 Å². The maximum atomic E-state index is 5.44. The fraction of sp³-hybridized carbons (Fsp3) is 0.500. The molecule has 1 aliphatic heterocycles. The molecule has 1 aromatic rings. The number of aromatic nitrogens is 2. The number of aliphatic imine (C=N–C) groups is 1. The van der Waals surface area contributed by atoms with Crippen molar-refractivity contribution >= 4 is 5.90 Å². The van der Waals surface area contributed by atoms with Gasteiger partial charge in [0.2, 0.25) is 5.82 Å². The van der Waals surface area contributed by atoms with Gasteiger partial charge >= 0.3 is 0 Å². The van der Waals surface area contributed by atoms with Gasteiger partial charge in [0.15, 0.2) is 0 Å². The van der Waals surface area contributed by atoms with Gasteiger partial charge in [-0.15, -0.1) is 0 Å². The molecule has 0 aromatic carbocycles. The van der Waals surface area contributed by atoms with Crippen molar-refractivity contribution in [3.8, 4) is 0 Å². The molecule has 0 bridgehead atoms. The monoisotopic (exact) mass is 191 g/mol. The molecule has 1 aromatic heterocycles. The average molecular weight is 191 g/mol. The maximum absolute atomic E-state index is 5.44. The summed E-state index contributed by atoms with van der Waals surface area (Å²) in [6, 6.07) is 2.02. The van der Waals surface area contributed by atoms with Crippen molar-refractivity contribution in [2.75, 3.05) is 6.61 Å². The van der Waals surface area contributed by atoms with E-state index in [9.17, 15) is 0 Å². The fourth-order valence-corrected chi connectivity index (χ4v) is 1.26. The minimum Gasteiger partial charge on any atom is -0.473 e. The molecular weight excluding hydrogens is 178 g/mol. The minimum absolute atomic E-state index is 0.244. The third-order valence-corrected chi connectivity index (χ3v) is 2.20. The lowest BCUT2D eigenvalue weighted by Gasteiger charge is -2.06. The summed E-state index contributed by atoms with van der Waals surface area (Å²) in [5.74, 6) is 1.65. The second-order valence-corrected chi connectivity index (χ2v) is 3.63. The molecule has 74 valence electrons. The van der Waals surface area contributed by atoms with Gasteiger partial charge in [-0.25, -0.2) is 15.0 Å². The van der Waals surface area contributed by atoms with Gasteiger partial charge in [0.25, 0.3) is 5.90 Å². The van der Waals surface area contributed by atoms with Crippen molar-refractivity contribution in [3.05, 3.63) is 24.3 Å². The zero-order valence-electron chi connectivity index (χ0n) is 8.34. The Morgan fingerprint density at radius 1 is 1.36 bits per heavy atom. The lowest BCUT2D eigenvalue weighted by molar-refractivity contribution is 0.290. The molecule has 14 heavy (non-hydrogen) atoms. The first-order valence-corrected chi connectivity index (χ1v) is 4.75. The Morgan fingerprint density at radius 2 is 2.07 bits per heavy atom. The Hall–Kier alpha value is -1.45. The van der Waals surface area contributed by atoms with E-state index in [4.69, 9.17) is 4.74 Å². The normalized spacial score (nSPS) is 20.8. The number of hydrogen-bond donors (Lipinski definition) is 0. The molecule has 0 N–H and O–H groups in total. The first-order chi connectivity index (χ1) is 6.77. The van der Waals surface area contributed by atoms with E-state index in [-0.39, 0.29) is 6.04 Å². The van der Waals surface area contributed by atoms with Gasteiger partial charge in [0.05, 0.1) is 6.04 Å². The summed E-state index contributed by atoms with van der Waals surface area (Å²) in [4.78, 5) is 12.6. The molecule has 0 radical (unpaired) electrons. The molecule has 1 unspecified atom stereocenters. The van der Waals surface area contributed by atoms with Gasteiger partial charge in [-0.2, -0.15) is 0 Å². The minimum atomic E-state index is 0.244. The van der Waals surface area contributed by atoms with Crippen molar-refractivity contribution in [1.82, 2.24) is 9.97 Å². The summed E-state index contributed by atoms with van der Waals surface area (Å²) in [6.07, 6.45) is 3.38. The molecule has 1 atom stereocenters. The summed E-state index contributed by atoms with van der Waals surface area (Å²) in [7, 11) is 0. The number of rotatable bonds is 2. The summed E-state index contributed by atoms with van der Waals surface area (Å²) in [6.45, 7) is 4.91. The Balaban J connectivity index is 2.18. The Morgan fingerprint density at radius 3 is 2.64 bits per heavy atom. The Kier molecular flexibility index (Phi) is 2.43. The zero-order valence-corrected chi connectivity index (χ0v) is 8.34. The zero-order chi connectivity index (χ0) is 9.97. The quantitative estimate of drug-likeness (QED) is 0.707. The first kappa shape index (κ1) is 9.12. The number of nitrogens with zero attached hydrogens (tertiary/aromatic N) is 3. The first-order valence-electron chi connectivity index (χ1n) is 4.75. The van der Waals surface area contributed by atoms with Crippen molar-refractivity contribution in [2.24, 2.45) is 10.9 Å². The van der Waals surface area contributed by atoms with Crippen LogP contribution in [0.3, 0.4) is 0 Å². The van der Waals surface area contributed by atoms with Crippen molar-refractivity contribution in [1.29, 1.82) is 0 Å². The second kappa shape index (κ2) is 3.74.